The highest BCUT2D eigenvalue weighted by Gasteiger charge is 2.25. The highest BCUT2D eigenvalue weighted by molar-refractivity contribution is 6.52. The zero-order valence-electron chi connectivity index (χ0n) is 13.1. The minimum absolute atomic E-state index is 0.234. The minimum Gasteiger partial charge on any atom is -0.462 e. The molecular formula is C14H28O5Si. The smallest absolute Gasteiger partial charge is 0.333 e. The van der Waals surface area contributed by atoms with Crippen LogP contribution in [0, 0.1) is 0 Å². The van der Waals surface area contributed by atoms with E-state index in [0.717, 1.165) is 12.5 Å². The molecule has 0 radical (unpaired) electrons. The van der Waals surface area contributed by atoms with Gasteiger partial charge in [0, 0.05) is 25.4 Å². The second-order valence-electron chi connectivity index (χ2n) is 4.33. The van der Waals surface area contributed by atoms with E-state index in [1.807, 2.05) is 20.8 Å². The van der Waals surface area contributed by atoms with Crippen molar-refractivity contribution >= 4 is 15.0 Å². The van der Waals surface area contributed by atoms with Gasteiger partial charge in [-0.15, -0.1) is 0 Å². The Morgan fingerprint density at radius 3 is 2.20 bits per heavy atom. The minimum atomic E-state index is -1.63. The van der Waals surface area contributed by atoms with Crippen molar-refractivity contribution in [2.24, 2.45) is 0 Å². The summed E-state index contributed by atoms with van der Waals surface area (Å²) >= 11 is 0. The van der Waals surface area contributed by atoms with Gasteiger partial charge in [-0.05, 0) is 40.2 Å². The highest BCUT2D eigenvalue weighted by atomic mass is 28.3. The van der Waals surface area contributed by atoms with Crippen LogP contribution in [-0.4, -0.2) is 47.4 Å². The summed E-state index contributed by atoms with van der Waals surface area (Å²) in [6.07, 6.45) is 0.757. The molecule has 0 rings (SSSR count). The van der Waals surface area contributed by atoms with E-state index < -0.39 is 9.04 Å². The van der Waals surface area contributed by atoms with Crippen molar-refractivity contribution < 1.29 is 23.4 Å². The molecule has 0 aliphatic carbocycles. The van der Waals surface area contributed by atoms with Crippen LogP contribution < -0.4 is 0 Å². The third kappa shape index (κ3) is 8.47. The maximum absolute atomic E-state index is 11.3. The second kappa shape index (κ2) is 12.1. The molecule has 118 valence electrons. The van der Waals surface area contributed by atoms with Gasteiger partial charge >= 0.3 is 5.97 Å². The van der Waals surface area contributed by atoms with Crippen molar-refractivity contribution in [1.82, 2.24) is 0 Å². The van der Waals surface area contributed by atoms with Crippen LogP contribution in [0.1, 0.15) is 34.1 Å². The zero-order valence-corrected chi connectivity index (χ0v) is 14.3. The number of hydrogen-bond acceptors (Lipinski definition) is 5. The third-order valence-electron chi connectivity index (χ3n) is 2.56. The van der Waals surface area contributed by atoms with Crippen LogP contribution in [0.15, 0.2) is 12.2 Å². The van der Waals surface area contributed by atoms with Crippen LogP contribution in [0.2, 0.25) is 6.04 Å². The van der Waals surface area contributed by atoms with Crippen molar-refractivity contribution in [1.29, 1.82) is 0 Å². The Balaban J connectivity index is 4.17. The summed E-state index contributed by atoms with van der Waals surface area (Å²) in [5, 5.41) is 0. The molecule has 1 atom stereocenters. The Kier molecular flexibility index (Phi) is 11.7. The third-order valence-corrected chi connectivity index (χ3v) is 5.29. The van der Waals surface area contributed by atoms with Crippen molar-refractivity contribution in [2.45, 2.75) is 46.1 Å². The number of ether oxygens (including phenoxy) is 3. The number of carbonyl (C=O) groups is 1. The van der Waals surface area contributed by atoms with E-state index in [1.165, 1.54) is 0 Å². The lowest BCUT2D eigenvalue weighted by Gasteiger charge is -2.25. The number of rotatable bonds is 12. The first-order chi connectivity index (χ1) is 9.56. The molecule has 0 fully saturated rings. The first-order valence-electron chi connectivity index (χ1n) is 7.24. The topological polar surface area (TPSA) is 54.0 Å². The van der Waals surface area contributed by atoms with Crippen molar-refractivity contribution in [2.75, 3.05) is 26.4 Å². The lowest BCUT2D eigenvalue weighted by molar-refractivity contribution is -0.138. The Morgan fingerprint density at radius 1 is 1.15 bits per heavy atom. The number of carbonyl (C=O) groups excluding carboxylic acids is 1. The van der Waals surface area contributed by atoms with Gasteiger partial charge in [-0.2, -0.15) is 0 Å². The molecule has 0 N–H and O–H groups in total. The van der Waals surface area contributed by atoms with E-state index in [-0.39, 0.29) is 11.9 Å². The Bertz CT molecular complexity index is 277. The molecule has 0 aromatic heterocycles. The average molecular weight is 304 g/mol. The van der Waals surface area contributed by atoms with Gasteiger partial charge in [0.15, 0.2) is 5.91 Å². The van der Waals surface area contributed by atoms with E-state index >= 15 is 0 Å². The molecular weight excluding hydrogens is 276 g/mol. The van der Waals surface area contributed by atoms with E-state index in [4.69, 9.17) is 18.6 Å². The molecule has 0 heterocycles. The zero-order chi connectivity index (χ0) is 15.4. The van der Waals surface area contributed by atoms with Crippen molar-refractivity contribution in [3.63, 3.8) is 0 Å². The highest BCUT2D eigenvalue weighted by Crippen LogP contribution is 2.10. The van der Waals surface area contributed by atoms with Gasteiger partial charge in [0.25, 0.3) is 0 Å². The first-order valence-corrected chi connectivity index (χ1v) is 9.19. The van der Waals surface area contributed by atoms with E-state index in [0.29, 0.717) is 32.0 Å². The summed E-state index contributed by atoms with van der Waals surface area (Å²) in [5.74, 6) is -0.576. The van der Waals surface area contributed by atoms with Crippen molar-refractivity contribution in [3.05, 3.63) is 12.2 Å². The number of hydrogen-bond donors (Lipinski definition) is 0. The van der Waals surface area contributed by atoms with E-state index in [1.54, 1.807) is 6.92 Å². The molecule has 0 amide bonds. The second-order valence-corrected chi connectivity index (χ2v) is 6.86. The van der Waals surface area contributed by atoms with Crippen molar-refractivity contribution in [3.8, 4) is 0 Å². The maximum atomic E-state index is 11.3. The molecule has 5 nitrogen and oxygen atoms in total. The van der Waals surface area contributed by atoms with Gasteiger partial charge in [-0.1, -0.05) is 6.58 Å². The van der Waals surface area contributed by atoms with Crippen LogP contribution in [0.5, 0.6) is 0 Å². The predicted octanol–water partition coefficient (Wildman–Crippen LogP) is 2.19. The Labute approximate surface area is 124 Å². The molecule has 0 saturated carbocycles. The van der Waals surface area contributed by atoms with Gasteiger partial charge < -0.3 is 18.6 Å². The molecule has 0 aliphatic rings. The molecule has 0 aromatic rings. The summed E-state index contributed by atoms with van der Waals surface area (Å²) in [4.78, 5) is 11.3. The lowest BCUT2D eigenvalue weighted by Crippen LogP contribution is -2.39. The largest absolute Gasteiger partial charge is 0.462 e. The monoisotopic (exact) mass is 304 g/mol. The molecule has 20 heavy (non-hydrogen) atoms. The standard InChI is InChI=1S/C14H28O5Si/c1-6-16-14(17-7-2)20(19-8-3)11-9-10-18-13(15)12(4)5/h14,20H,4,6-11H2,1-3,5H3. The molecule has 6 heteroatoms. The SMILES string of the molecule is C=C(C)C(=O)OCCC[SiH](OCC)C(OCC)OCC. The quantitative estimate of drug-likeness (QED) is 0.182. The summed E-state index contributed by atoms with van der Waals surface area (Å²) < 4.78 is 22.1. The Morgan fingerprint density at radius 2 is 1.75 bits per heavy atom. The van der Waals surface area contributed by atoms with Gasteiger partial charge in [0.2, 0.25) is 9.04 Å². The van der Waals surface area contributed by atoms with E-state index in [9.17, 15) is 4.79 Å². The fraction of sp³-hybridized carbons (Fsp3) is 0.786. The van der Waals surface area contributed by atoms with Gasteiger partial charge in [-0.3, -0.25) is 0 Å². The van der Waals surface area contributed by atoms with E-state index in [2.05, 4.69) is 6.58 Å². The van der Waals surface area contributed by atoms with Crippen LogP contribution in [0.25, 0.3) is 0 Å². The van der Waals surface area contributed by atoms with Crippen LogP contribution in [0.4, 0.5) is 0 Å². The first kappa shape index (κ1) is 19.3. The molecule has 0 bridgehead atoms. The summed E-state index contributed by atoms with van der Waals surface area (Å²) in [5.41, 5.74) is 0.421. The summed E-state index contributed by atoms with van der Waals surface area (Å²) in [6, 6.07) is 0.849. The van der Waals surface area contributed by atoms with Gasteiger partial charge in [0.1, 0.15) is 0 Å². The normalized spacial score (nSPS) is 12.4. The summed E-state index contributed by atoms with van der Waals surface area (Å²) in [6.45, 7) is 13.3. The fourth-order valence-corrected chi connectivity index (χ4v) is 4.08. The van der Waals surface area contributed by atoms with Crippen LogP contribution in [-0.2, 0) is 23.4 Å². The van der Waals surface area contributed by atoms with Gasteiger partial charge in [-0.25, -0.2) is 4.79 Å². The van der Waals surface area contributed by atoms with Crippen LogP contribution >= 0.6 is 0 Å². The van der Waals surface area contributed by atoms with Gasteiger partial charge in [0.05, 0.1) is 6.61 Å². The molecule has 0 spiro atoms. The van der Waals surface area contributed by atoms with Crippen LogP contribution in [0.3, 0.4) is 0 Å². The maximum Gasteiger partial charge on any atom is 0.333 e. The fourth-order valence-electron chi connectivity index (χ4n) is 1.68. The number of esters is 1. The predicted molar refractivity (Wildman–Crippen MR) is 81.0 cm³/mol. The molecule has 1 unspecified atom stereocenters. The Hall–Kier alpha value is -0.693. The molecule has 0 saturated heterocycles. The average Bonchev–Trinajstić information content (AvgIpc) is 2.41. The summed E-state index contributed by atoms with van der Waals surface area (Å²) in [7, 11) is -1.63. The molecule has 0 aliphatic heterocycles. The molecule has 0 aromatic carbocycles. The lowest BCUT2D eigenvalue weighted by atomic mass is 10.4.